The van der Waals surface area contributed by atoms with E-state index in [-0.39, 0.29) is 33.8 Å². The van der Waals surface area contributed by atoms with E-state index in [0.717, 1.165) is 4.90 Å². The Bertz CT molecular complexity index is 1390. The highest BCUT2D eigenvalue weighted by molar-refractivity contribution is 6.43. The molecule has 3 aromatic rings. The molecule has 3 aromatic carbocycles. The molecule has 36 heavy (non-hydrogen) atoms. The van der Waals surface area contributed by atoms with E-state index < -0.39 is 17.8 Å². The largest absolute Gasteiger partial charge is 0.484 e. The van der Waals surface area contributed by atoms with Gasteiger partial charge < -0.3 is 10.1 Å². The van der Waals surface area contributed by atoms with Gasteiger partial charge in [-0.25, -0.2) is 9.69 Å². The van der Waals surface area contributed by atoms with Crippen LogP contribution in [0, 0.1) is 0 Å². The highest BCUT2D eigenvalue weighted by atomic mass is 35.5. The van der Waals surface area contributed by atoms with Gasteiger partial charge in [-0.15, -0.1) is 0 Å². The fourth-order valence-corrected chi connectivity index (χ4v) is 3.64. The summed E-state index contributed by atoms with van der Waals surface area (Å²) in [5.74, 6) is -1.61. The van der Waals surface area contributed by atoms with Crippen molar-refractivity contribution in [2.24, 2.45) is 0 Å². The minimum atomic E-state index is -0.902. The number of ether oxygens (including phenoxy) is 1. The van der Waals surface area contributed by atoms with Gasteiger partial charge in [-0.05, 0) is 66.2 Å². The van der Waals surface area contributed by atoms with Crippen molar-refractivity contribution >= 4 is 76.0 Å². The number of benzene rings is 3. The SMILES string of the molecule is O=C(COc1ccc(/C=C2\C(=O)NC(=O)N(c3ccc(Cl)c(Cl)c3)C2=O)cc1)Nc1ccc(Cl)cc1. The van der Waals surface area contributed by atoms with Gasteiger partial charge in [0, 0.05) is 10.7 Å². The normalized spacial score (nSPS) is 14.6. The van der Waals surface area contributed by atoms with Gasteiger partial charge >= 0.3 is 6.03 Å². The first-order chi connectivity index (χ1) is 17.2. The van der Waals surface area contributed by atoms with Crippen LogP contribution in [0.3, 0.4) is 0 Å². The summed E-state index contributed by atoms with van der Waals surface area (Å²) in [5.41, 5.74) is 0.983. The van der Waals surface area contributed by atoms with E-state index in [4.69, 9.17) is 39.5 Å². The van der Waals surface area contributed by atoms with Gasteiger partial charge in [0.25, 0.3) is 17.7 Å². The van der Waals surface area contributed by atoms with Crippen molar-refractivity contribution in [2.45, 2.75) is 0 Å². The lowest BCUT2D eigenvalue weighted by atomic mass is 10.1. The Hall–Kier alpha value is -3.85. The van der Waals surface area contributed by atoms with Crippen LogP contribution in [-0.2, 0) is 14.4 Å². The third-order valence-corrected chi connectivity index (χ3v) is 5.94. The molecule has 1 aliphatic heterocycles. The van der Waals surface area contributed by atoms with Crippen LogP contribution in [0.5, 0.6) is 5.75 Å². The molecule has 1 saturated heterocycles. The second-order valence-electron chi connectivity index (χ2n) is 7.47. The Morgan fingerprint density at radius 3 is 2.28 bits per heavy atom. The van der Waals surface area contributed by atoms with Crippen LogP contribution in [0.1, 0.15) is 5.56 Å². The van der Waals surface area contributed by atoms with Gasteiger partial charge in [0.05, 0.1) is 15.7 Å². The quantitative estimate of drug-likeness (QED) is 0.322. The second-order valence-corrected chi connectivity index (χ2v) is 8.72. The van der Waals surface area contributed by atoms with Gasteiger partial charge in [0.1, 0.15) is 11.3 Å². The summed E-state index contributed by atoms with van der Waals surface area (Å²) >= 11 is 17.7. The van der Waals surface area contributed by atoms with E-state index in [2.05, 4.69) is 10.6 Å². The Morgan fingerprint density at radius 1 is 0.917 bits per heavy atom. The number of imide groups is 2. The number of rotatable bonds is 6. The molecule has 1 aliphatic rings. The molecule has 5 amide bonds. The summed E-state index contributed by atoms with van der Waals surface area (Å²) in [5, 5.41) is 5.77. The zero-order valence-electron chi connectivity index (χ0n) is 18.3. The lowest BCUT2D eigenvalue weighted by molar-refractivity contribution is -0.122. The third kappa shape index (κ3) is 5.85. The number of carbonyl (C=O) groups is 4. The number of barbiturate groups is 1. The molecule has 1 fully saturated rings. The maximum absolute atomic E-state index is 13.0. The summed E-state index contributed by atoms with van der Waals surface area (Å²) in [6.07, 6.45) is 1.34. The number of amides is 5. The molecule has 0 spiro atoms. The number of anilines is 2. The molecule has 0 radical (unpaired) electrons. The highest BCUT2D eigenvalue weighted by Crippen LogP contribution is 2.29. The van der Waals surface area contributed by atoms with Crippen molar-refractivity contribution < 1.29 is 23.9 Å². The van der Waals surface area contributed by atoms with Crippen LogP contribution >= 0.6 is 34.8 Å². The fourth-order valence-electron chi connectivity index (χ4n) is 3.22. The highest BCUT2D eigenvalue weighted by Gasteiger charge is 2.37. The molecule has 1 heterocycles. The maximum Gasteiger partial charge on any atom is 0.335 e. The molecule has 11 heteroatoms. The molecule has 0 bridgehead atoms. The fraction of sp³-hybridized carbons (Fsp3) is 0.0400. The van der Waals surface area contributed by atoms with Gasteiger partial charge in [-0.2, -0.15) is 0 Å². The van der Waals surface area contributed by atoms with Crippen molar-refractivity contribution in [2.75, 3.05) is 16.8 Å². The molecular weight excluding hydrogens is 529 g/mol. The van der Waals surface area contributed by atoms with Gasteiger partial charge in [0.15, 0.2) is 6.61 Å². The third-order valence-electron chi connectivity index (χ3n) is 4.95. The van der Waals surface area contributed by atoms with Crippen molar-refractivity contribution in [3.63, 3.8) is 0 Å². The van der Waals surface area contributed by atoms with Crippen LogP contribution < -0.4 is 20.3 Å². The number of nitrogens with zero attached hydrogens (tertiary/aromatic N) is 1. The van der Waals surface area contributed by atoms with Crippen molar-refractivity contribution in [1.82, 2.24) is 5.32 Å². The number of halogens is 3. The minimum absolute atomic E-state index is 0.148. The number of carbonyl (C=O) groups excluding carboxylic acids is 4. The monoisotopic (exact) mass is 543 g/mol. The number of nitrogens with one attached hydrogen (secondary N) is 2. The first-order valence-corrected chi connectivity index (χ1v) is 11.5. The zero-order chi connectivity index (χ0) is 25.8. The van der Waals surface area contributed by atoms with Crippen LogP contribution in [0.15, 0.2) is 72.3 Å². The predicted molar refractivity (Wildman–Crippen MR) is 137 cm³/mol. The molecule has 0 aliphatic carbocycles. The molecule has 0 aromatic heterocycles. The molecular formula is C25H16Cl3N3O5. The van der Waals surface area contributed by atoms with E-state index in [9.17, 15) is 19.2 Å². The summed E-state index contributed by atoms with van der Waals surface area (Å²) in [7, 11) is 0. The summed E-state index contributed by atoms with van der Waals surface area (Å²) in [4.78, 5) is 50.5. The maximum atomic E-state index is 13.0. The Balaban J connectivity index is 1.44. The lowest BCUT2D eigenvalue weighted by Crippen LogP contribution is -2.54. The molecule has 182 valence electrons. The van der Waals surface area contributed by atoms with E-state index in [1.165, 1.54) is 24.3 Å². The minimum Gasteiger partial charge on any atom is -0.484 e. The lowest BCUT2D eigenvalue weighted by Gasteiger charge is -2.26. The standard InChI is InChI=1S/C25H16Cl3N3O5/c26-15-3-5-16(6-4-15)29-22(32)13-36-18-8-1-14(2-9-18)11-19-23(33)30-25(35)31(24(19)34)17-7-10-20(27)21(28)12-17/h1-12H,13H2,(H,29,32)(H,30,33,35)/b19-11+. The van der Waals surface area contributed by atoms with E-state index in [1.54, 1.807) is 48.5 Å². The first-order valence-electron chi connectivity index (χ1n) is 10.4. The zero-order valence-corrected chi connectivity index (χ0v) is 20.5. The molecule has 0 atom stereocenters. The first kappa shape index (κ1) is 25.2. The smallest absolute Gasteiger partial charge is 0.335 e. The van der Waals surface area contributed by atoms with Crippen molar-refractivity contribution in [3.05, 3.63) is 92.9 Å². The van der Waals surface area contributed by atoms with E-state index >= 15 is 0 Å². The second kappa shape index (κ2) is 10.8. The molecule has 0 unspecified atom stereocenters. The van der Waals surface area contributed by atoms with Gasteiger partial charge in [0.2, 0.25) is 0 Å². The molecule has 4 rings (SSSR count). The number of hydrogen-bond acceptors (Lipinski definition) is 5. The van der Waals surface area contributed by atoms with Crippen LogP contribution in [0.25, 0.3) is 6.08 Å². The van der Waals surface area contributed by atoms with E-state index in [1.807, 2.05) is 0 Å². The topological polar surface area (TPSA) is 105 Å². The molecule has 2 N–H and O–H groups in total. The van der Waals surface area contributed by atoms with Crippen molar-refractivity contribution in [1.29, 1.82) is 0 Å². The number of urea groups is 1. The van der Waals surface area contributed by atoms with Crippen LogP contribution in [-0.4, -0.2) is 30.4 Å². The summed E-state index contributed by atoms with van der Waals surface area (Å²) < 4.78 is 5.48. The Labute approximate surface area is 220 Å². The van der Waals surface area contributed by atoms with Gasteiger partial charge in [-0.3, -0.25) is 19.7 Å². The Morgan fingerprint density at radius 2 is 1.61 bits per heavy atom. The average molecular weight is 545 g/mol. The average Bonchev–Trinajstić information content (AvgIpc) is 2.85. The predicted octanol–water partition coefficient (Wildman–Crippen LogP) is 5.33. The van der Waals surface area contributed by atoms with Gasteiger partial charge in [-0.1, -0.05) is 46.9 Å². The van der Waals surface area contributed by atoms with E-state index in [0.29, 0.717) is 22.0 Å². The summed E-state index contributed by atoms with van der Waals surface area (Å²) in [6.45, 7) is -0.231. The molecule has 0 saturated carbocycles. The van der Waals surface area contributed by atoms with Crippen molar-refractivity contribution in [3.8, 4) is 5.75 Å². The number of hydrogen-bond donors (Lipinski definition) is 2. The van der Waals surface area contributed by atoms with Crippen LogP contribution in [0.2, 0.25) is 15.1 Å². The van der Waals surface area contributed by atoms with Crippen LogP contribution in [0.4, 0.5) is 16.2 Å². The Kier molecular flexibility index (Phi) is 7.59. The summed E-state index contributed by atoms with van der Waals surface area (Å²) in [6, 6.07) is 16.3. The molecule has 8 nitrogen and oxygen atoms in total.